The maximum atomic E-state index is 13.1. The maximum Gasteiger partial charge on any atom is 0.267 e. The van der Waals surface area contributed by atoms with Crippen molar-refractivity contribution in [3.63, 3.8) is 0 Å². The lowest BCUT2D eigenvalue weighted by atomic mass is 10.1. The molecule has 32 heavy (non-hydrogen) atoms. The molecule has 164 valence electrons. The Bertz CT molecular complexity index is 1410. The van der Waals surface area contributed by atoms with Crippen molar-refractivity contribution in [2.45, 2.75) is 18.7 Å². The van der Waals surface area contributed by atoms with Crippen LogP contribution in [0.15, 0.2) is 60.0 Å². The Balaban J connectivity index is 1.65. The highest BCUT2D eigenvalue weighted by atomic mass is 32.2. The van der Waals surface area contributed by atoms with E-state index in [2.05, 4.69) is 25.2 Å². The van der Waals surface area contributed by atoms with Crippen molar-refractivity contribution in [1.29, 1.82) is 0 Å². The topological polar surface area (TPSA) is 128 Å². The summed E-state index contributed by atoms with van der Waals surface area (Å²) >= 11 is 0. The molecule has 0 unspecified atom stereocenters. The molecule has 0 aliphatic carbocycles. The molecule has 4 rings (SSSR count). The van der Waals surface area contributed by atoms with Crippen LogP contribution in [0.4, 0.5) is 11.4 Å². The number of carbonyl (C=O) groups is 1. The number of sulfonamides is 1. The third-order valence-corrected chi connectivity index (χ3v) is 6.18. The van der Waals surface area contributed by atoms with E-state index in [4.69, 9.17) is 4.74 Å². The molecule has 0 aliphatic rings. The minimum absolute atomic E-state index is 0.0911. The van der Waals surface area contributed by atoms with E-state index in [9.17, 15) is 13.2 Å². The van der Waals surface area contributed by atoms with Gasteiger partial charge in [0.05, 0.1) is 24.7 Å². The number of nitrogens with zero attached hydrogens (tertiary/aromatic N) is 4. The zero-order chi connectivity index (χ0) is 22.9. The highest BCUT2D eigenvalue weighted by molar-refractivity contribution is 7.92. The van der Waals surface area contributed by atoms with E-state index < -0.39 is 15.9 Å². The second-order valence-corrected chi connectivity index (χ2v) is 8.72. The van der Waals surface area contributed by atoms with Crippen LogP contribution in [0.1, 0.15) is 21.5 Å². The normalized spacial score (nSPS) is 11.3. The van der Waals surface area contributed by atoms with Gasteiger partial charge in [0.2, 0.25) is 5.88 Å². The number of rotatable bonds is 6. The lowest BCUT2D eigenvalue weighted by molar-refractivity contribution is 0.102. The van der Waals surface area contributed by atoms with E-state index in [1.807, 2.05) is 32.0 Å². The lowest BCUT2D eigenvalue weighted by Gasteiger charge is -2.15. The highest BCUT2D eigenvalue weighted by Gasteiger charge is 2.23. The number of aromatic nitrogens is 4. The van der Waals surface area contributed by atoms with E-state index in [0.717, 1.165) is 11.1 Å². The van der Waals surface area contributed by atoms with Crippen LogP contribution < -0.4 is 14.8 Å². The molecule has 0 saturated carbocycles. The highest BCUT2D eigenvalue weighted by Crippen LogP contribution is 2.29. The number of aryl methyl sites for hydroxylation is 2. The summed E-state index contributed by atoms with van der Waals surface area (Å²) in [4.78, 5) is 16.5. The van der Waals surface area contributed by atoms with E-state index in [-0.39, 0.29) is 16.5 Å². The smallest absolute Gasteiger partial charge is 0.267 e. The zero-order valence-electron chi connectivity index (χ0n) is 17.5. The number of ether oxygens (including phenoxy) is 1. The van der Waals surface area contributed by atoms with Gasteiger partial charge in [-0.2, -0.15) is 0 Å². The fraction of sp³-hybridized carbons (Fsp3) is 0.143. The first-order valence-electron chi connectivity index (χ1n) is 9.52. The molecule has 0 aliphatic heterocycles. The Morgan fingerprint density at radius 1 is 1.12 bits per heavy atom. The van der Waals surface area contributed by atoms with Crippen LogP contribution in [-0.2, 0) is 10.0 Å². The van der Waals surface area contributed by atoms with Gasteiger partial charge in [0.25, 0.3) is 15.9 Å². The molecule has 1 amide bonds. The summed E-state index contributed by atoms with van der Waals surface area (Å²) in [6, 6.07) is 9.93. The lowest BCUT2D eigenvalue weighted by Crippen LogP contribution is -2.18. The van der Waals surface area contributed by atoms with Crippen molar-refractivity contribution < 1.29 is 17.9 Å². The quantitative estimate of drug-likeness (QED) is 0.460. The summed E-state index contributed by atoms with van der Waals surface area (Å²) in [5.41, 5.74) is 3.05. The van der Waals surface area contributed by atoms with Crippen molar-refractivity contribution in [3.8, 4) is 5.88 Å². The third-order valence-electron chi connectivity index (χ3n) is 4.84. The molecule has 1 aromatic carbocycles. The van der Waals surface area contributed by atoms with Crippen molar-refractivity contribution in [2.24, 2.45) is 0 Å². The predicted molar refractivity (Wildman–Crippen MR) is 118 cm³/mol. The number of benzene rings is 1. The van der Waals surface area contributed by atoms with E-state index in [0.29, 0.717) is 16.9 Å². The molecule has 4 aromatic rings. The maximum absolute atomic E-state index is 13.1. The number of amides is 1. The van der Waals surface area contributed by atoms with Crippen molar-refractivity contribution in [3.05, 3.63) is 71.8 Å². The monoisotopic (exact) mass is 452 g/mol. The molecular weight excluding hydrogens is 432 g/mol. The van der Waals surface area contributed by atoms with Crippen LogP contribution in [0, 0.1) is 13.8 Å². The van der Waals surface area contributed by atoms with Gasteiger partial charge in [-0.25, -0.2) is 13.4 Å². The Morgan fingerprint density at radius 3 is 2.59 bits per heavy atom. The number of para-hydroxylation sites is 1. The Kier molecular flexibility index (Phi) is 5.49. The fourth-order valence-electron chi connectivity index (χ4n) is 3.17. The molecule has 0 saturated heterocycles. The van der Waals surface area contributed by atoms with Gasteiger partial charge in [0.1, 0.15) is 6.33 Å². The van der Waals surface area contributed by atoms with Crippen LogP contribution in [0.25, 0.3) is 5.65 Å². The molecule has 3 aromatic heterocycles. The molecule has 2 N–H and O–H groups in total. The Morgan fingerprint density at radius 2 is 1.88 bits per heavy atom. The van der Waals surface area contributed by atoms with Crippen LogP contribution >= 0.6 is 0 Å². The summed E-state index contributed by atoms with van der Waals surface area (Å²) in [5.74, 6) is -0.542. The molecular formula is C21H20N6O4S. The van der Waals surface area contributed by atoms with E-state index in [1.54, 1.807) is 22.7 Å². The van der Waals surface area contributed by atoms with Gasteiger partial charge >= 0.3 is 0 Å². The molecule has 0 radical (unpaired) electrons. The fourth-order valence-corrected chi connectivity index (χ4v) is 4.52. The third kappa shape index (κ3) is 4.10. The molecule has 3 heterocycles. The predicted octanol–water partition coefficient (Wildman–Crippen LogP) is 2.80. The molecule has 0 bridgehead atoms. The summed E-state index contributed by atoms with van der Waals surface area (Å²) in [6.07, 6.45) is 4.50. The summed E-state index contributed by atoms with van der Waals surface area (Å²) < 4.78 is 35.7. The number of nitrogens with one attached hydrogen (secondary N) is 2. The Hall–Kier alpha value is -3.99. The molecule has 0 fully saturated rings. The first-order valence-corrected chi connectivity index (χ1v) is 11.0. The van der Waals surface area contributed by atoms with Gasteiger partial charge < -0.3 is 10.1 Å². The second-order valence-electron chi connectivity index (χ2n) is 7.07. The van der Waals surface area contributed by atoms with Crippen molar-refractivity contribution in [2.75, 3.05) is 17.1 Å². The number of anilines is 2. The van der Waals surface area contributed by atoms with Crippen LogP contribution in [0.2, 0.25) is 0 Å². The first kappa shape index (κ1) is 21.2. The average molecular weight is 452 g/mol. The standard InChI is InChI=1S/C21H20N6O4S/c1-13-5-4-6-14(2)19(13)26-32(29,30)17-10-16(11-22-21(17)31-3)24-20(28)15-7-8-27-12-23-25-18(27)9-15/h4-12,26H,1-3H3,(H,24,28). The molecule has 0 atom stereocenters. The van der Waals surface area contributed by atoms with Gasteiger partial charge in [0.15, 0.2) is 10.5 Å². The zero-order valence-corrected chi connectivity index (χ0v) is 18.3. The number of hydrogen-bond donors (Lipinski definition) is 2. The molecule has 10 nitrogen and oxygen atoms in total. The van der Waals surface area contributed by atoms with Crippen molar-refractivity contribution in [1.82, 2.24) is 19.6 Å². The summed E-state index contributed by atoms with van der Waals surface area (Å²) in [7, 11) is -2.73. The first-order chi connectivity index (χ1) is 15.3. The summed E-state index contributed by atoms with van der Waals surface area (Å²) in [5, 5.41) is 10.3. The van der Waals surface area contributed by atoms with E-state index in [1.165, 1.54) is 25.7 Å². The van der Waals surface area contributed by atoms with Gasteiger partial charge in [0, 0.05) is 11.8 Å². The summed E-state index contributed by atoms with van der Waals surface area (Å²) in [6.45, 7) is 3.62. The van der Waals surface area contributed by atoms with Crippen LogP contribution in [0.3, 0.4) is 0 Å². The Labute approximate surface area is 184 Å². The second kappa shape index (κ2) is 8.27. The number of fused-ring (bicyclic) bond motifs is 1. The minimum Gasteiger partial charge on any atom is -0.480 e. The largest absolute Gasteiger partial charge is 0.480 e. The van der Waals surface area contributed by atoms with Crippen LogP contribution in [-0.4, -0.2) is 41.0 Å². The number of methoxy groups -OCH3 is 1. The van der Waals surface area contributed by atoms with Gasteiger partial charge in [-0.3, -0.25) is 13.9 Å². The van der Waals surface area contributed by atoms with Gasteiger partial charge in [-0.15, -0.1) is 10.2 Å². The molecule has 0 spiro atoms. The number of carbonyl (C=O) groups excluding carboxylic acids is 1. The molecule has 11 heteroatoms. The van der Waals surface area contributed by atoms with Crippen LogP contribution in [0.5, 0.6) is 5.88 Å². The van der Waals surface area contributed by atoms with Gasteiger partial charge in [-0.1, -0.05) is 18.2 Å². The number of hydrogen-bond acceptors (Lipinski definition) is 7. The number of pyridine rings is 2. The van der Waals surface area contributed by atoms with Crippen molar-refractivity contribution >= 4 is 33.0 Å². The van der Waals surface area contributed by atoms with Gasteiger partial charge in [-0.05, 0) is 43.2 Å². The minimum atomic E-state index is -4.06. The SMILES string of the molecule is COc1ncc(NC(=O)c2ccn3cnnc3c2)cc1S(=O)(=O)Nc1c(C)cccc1C. The van der Waals surface area contributed by atoms with E-state index >= 15 is 0 Å². The average Bonchev–Trinajstić information content (AvgIpc) is 3.24.